The van der Waals surface area contributed by atoms with Gasteiger partial charge in [-0.2, -0.15) is 0 Å². The first-order valence-corrected chi connectivity index (χ1v) is 12.8. The zero-order chi connectivity index (χ0) is 24.5. The van der Waals surface area contributed by atoms with Crippen molar-refractivity contribution in [1.82, 2.24) is 9.47 Å². The van der Waals surface area contributed by atoms with Crippen LogP contribution in [0.3, 0.4) is 0 Å². The summed E-state index contributed by atoms with van der Waals surface area (Å²) in [5.41, 5.74) is 1.89. The van der Waals surface area contributed by atoms with Crippen molar-refractivity contribution in [3.8, 4) is 0 Å². The number of likely N-dealkylation sites (N-methyl/N-ethyl adjacent to an activating group) is 1. The van der Waals surface area contributed by atoms with Gasteiger partial charge in [-0.1, -0.05) is 26.0 Å². The van der Waals surface area contributed by atoms with Gasteiger partial charge in [-0.25, -0.2) is 17.6 Å². The van der Waals surface area contributed by atoms with Crippen LogP contribution in [-0.2, 0) is 23.0 Å². The smallest absolute Gasteiger partial charge is 0.338 e. The van der Waals surface area contributed by atoms with E-state index in [4.69, 9.17) is 0 Å². The molecule has 0 atom stereocenters. The summed E-state index contributed by atoms with van der Waals surface area (Å²) in [7, 11) is -4.19. The number of sulfonamides is 1. The second-order valence-electron chi connectivity index (χ2n) is 8.29. The first-order chi connectivity index (χ1) is 16.2. The number of fused-ring (bicyclic) bond motifs is 3. The van der Waals surface area contributed by atoms with E-state index in [0.717, 1.165) is 55.8 Å². The lowest BCUT2D eigenvalue weighted by molar-refractivity contribution is 0.0700. The van der Waals surface area contributed by atoms with Crippen LogP contribution < -0.4 is 4.72 Å². The summed E-state index contributed by atoms with van der Waals surface area (Å²) in [5.74, 6) is -1.77. The second kappa shape index (κ2) is 9.60. The molecule has 4 rings (SSSR count). The minimum atomic E-state index is -4.19. The maximum absolute atomic E-state index is 14.0. The minimum Gasteiger partial charge on any atom is -0.478 e. The molecule has 0 bridgehead atoms. The topological polar surface area (TPSA) is 91.6 Å². The molecular weight excluding hydrogens is 457 g/mol. The predicted molar refractivity (Wildman–Crippen MR) is 131 cm³/mol. The Bertz CT molecular complexity index is 1370. The van der Waals surface area contributed by atoms with E-state index in [1.807, 2.05) is 19.9 Å². The summed E-state index contributed by atoms with van der Waals surface area (Å²) >= 11 is 0. The number of hydrogen-bond donors (Lipinski definition) is 2. The van der Waals surface area contributed by atoms with E-state index in [9.17, 15) is 22.7 Å². The van der Waals surface area contributed by atoms with Crippen LogP contribution in [-0.4, -0.2) is 48.6 Å². The van der Waals surface area contributed by atoms with Gasteiger partial charge in [-0.15, -0.1) is 0 Å². The van der Waals surface area contributed by atoms with Crippen LogP contribution in [0.4, 0.5) is 10.1 Å². The van der Waals surface area contributed by atoms with Crippen molar-refractivity contribution in [1.29, 1.82) is 0 Å². The summed E-state index contributed by atoms with van der Waals surface area (Å²) in [6.07, 6.45) is 5.22. The van der Waals surface area contributed by atoms with Gasteiger partial charge in [-0.3, -0.25) is 4.72 Å². The third kappa shape index (κ3) is 4.58. The van der Waals surface area contributed by atoms with Crippen LogP contribution in [0.5, 0.6) is 0 Å². The van der Waals surface area contributed by atoms with Gasteiger partial charge in [-0.05, 0) is 67.9 Å². The maximum atomic E-state index is 14.0. The molecule has 1 aliphatic heterocycles. The summed E-state index contributed by atoms with van der Waals surface area (Å²) < 4.78 is 45.1. The fraction of sp³-hybridized carbons (Fsp3) is 0.320. The number of rotatable bonds is 9. The molecule has 0 unspecified atom stereocenters. The van der Waals surface area contributed by atoms with Gasteiger partial charge >= 0.3 is 5.97 Å². The summed E-state index contributed by atoms with van der Waals surface area (Å²) in [6.45, 7) is 7.12. The molecule has 0 fully saturated rings. The Morgan fingerprint density at radius 1 is 1.21 bits per heavy atom. The van der Waals surface area contributed by atoms with Crippen molar-refractivity contribution in [2.24, 2.45) is 0 Å². The highest BCUT2D eigenvalue weighted by Gasteiger charge is 2.25. The Labute approximate surface area is 198 Å². The summed E-state index contributed by atoms with van der Waals surface area (Å²) in [6, 6.07) is 8.48. The van der Waals surface area contributed by atoms with Crippen molar-refractivity contribution in [3.05, 3.63) is 65.1 Å². The predicted octanol–water partition coefficient (Wildman–Crippen LogP) is 4.58. The lowest BCUT2D eigenvalue weighted by Gasteiger charge is -2.15. The number of halogens is 1. The molecule has 0 amide bonds. The van der Waals surface area contributed by atoms with Crippen LogP contribution in [0.15, 0.2) is 47.4 Å². The number of nitrogens with zero attached hydrogens (tertiary/aromatic N) is 2. The highest BCUT2D eigenvalue weighted by Crippen LogP contribution is 2.34. The van der Waals surface area contributed by atoms with Gasteiger partial charge in [0.25, 0.3) is 10.0 Å². The van der Waals surface area contributed by atoms with Crippen LogP contribution in [0.1, 0.15) is 41.9 Å². The molecule has 0 saturated carbocycles. The van der Waals surface area contributed by atoms with Crippen molar-refractivity contribution in [3.63, 3.8) is 0 Å². The van der Waals surface area contributed by atoms with E-state index >= 15 is 0 Å². The molecule has 0 aliphatic carbocycles. The van der Waals surface area contributed by atoms with Crippen LogP contribution in [0, 0.1) is 5.82 Å². The number of aromatic carboxylic acids is 1. The Morgan fingerprint density at radius 3 is 2.68 bits per heavy atom. The molecule has 0 saturated heterocycles. The minimum absolute atomic E-state index is 0.0216. The number of aryl methyl sites for hydroxylation is 2. The normalized spacial score (nSPS) is 13.8. The van der Waals surface area contributed by atoms with Gasteiger partial charge in [0.15, 0.2) is 0 Å². The number of carbonyl (C=O) groups is 1. The molecular formula is C25H28FN3O4S. The van der Waals surface area contributed by atoms with E-state index in [2.05, 4.69) is 14.2 Å². The Kier molecular flexibility index (Phi) is 6.77. The van der Waals surface area contributed by atoms with Crippen LogP contribution >= 0.6 is 0 Å². The highest BCUT2D eigenvalue weighted by atomic mass is 32.2. The largest absolute Gasteiger partial charge is 0.478 e. The van der Waals surface area contributed by atoms with Gasteiger partial charge in [0.1, 0.15) is 5.82 Å². The first-order valence-electron chi connectivity index (χ1n) is 11.3. The van der Waals surface area contributed by atoms with Gasteiger partial charge < -0.3 is 14.6 Å². The van der Waals surface area contributed by atoms with E-state index in [-0.39, 0.29) is 21.7 Å². The van der Waals surface area contributed by atoms with Crippen LogP contribution in [0.2, 0.25) is 0 Å². The number of hydrogen-bond acceptors (Lipinski definition) is 4. The average molecular weight is 486 g/mol. The third-order valence-electron chi connectivity index (χ3n) is 6.26. The molecule has 0 spiro atoms. The molecule has 2 heterocycles. The molecule has 1 aliphatic rings. The zero-order valence-electron chi connectivity index (χ0n) is 19.2. The molecule has 2 aromatic carbocycles. The second-order valence-corrected chi connectivity index (χ2v) is 9.94. The lowest BCUT2D eigenvalue weighted by Crippen LogP contribution is -2.22. The number of nitrogens with one attached hydrogen (secondary N) is 1. The molecule has 3 aromatic rings. The van der Waals surface area contributed by atoms with Gasteiger partial charge in [0.2, 0.25) is 0 Å². The Hall–Kier alpha value is -3.17. The van der Waals surface area contributed by atoms with Crippen molar-refractivity contribution in [2.45, 2.75) is 38.1 Å². The van der Waals surface area contributed by atoms with E-state index < -0.39 is 21.8 Å². The van der Waals surface area contributed by atoms with Gasteiger partial charge in [0, 0.05) is 29.7 Å². The third-order valence-corrected chi connectivity index (χ3v) is 7.70. The van der Waals surface area contributed by atoms with Crippen molar-refractivity contribution >= 4 is 38.7 Å². The number of carboxylic acid groups (broad SMARTS) is 1. The quantitative estimate of drug-likeness (QED) is 0.463. The standard InChI is InChI=1S/C25H28FN3O4S/c1-3-28(4-2)13-5-7-17-15-18(26)9-12-23(17)34(32,33)27-21-10-11-22-20(24(21)25(30)31)16-19-8-6-14-29(19)22/h5,7,9-12,15-16,27H,3-4,6,8,13-14H2,1-2H3,(H,30,31). The van der Waals surface area contributed by atoms with E-state index in [0.29, 0.717) is 11.9 Å². The monoisotopic (exact) mass is 485 g/mol. The Morgan fingerprint density at radius 2 is 1.97 bits per heavy atom. The van der Waals surface area contributed by atoms with E-state index in [1.165, 1.54) is 12.1 Å². The molecule has 2 N–H and O–H groups in total. The number of carboxylic acids is 1. The summed E-state index contributed by atoms with van der Waals surface area (Å²) in [4.78, 5) is 14.2. The molecule has 7 nitrogen and oxygen atoms in total. The molecule has 0 radical (unpaired) electrons. The average Bonchev–Trinajstić information content (AvgIpc) is 3.37. The van der Waals surface area contributed by atoms with Crippen molar-refractivity contribution in [2.75, 3.05) is 24.4 Å². The molecule has 180 valence electrons. The first kappa shape index (κ1) is 24.0. The maximum Gasteiger partial charge on any atom is 0.338 e. The molecule has 34 heavy (non-hydrogen) atoms. The number of anilines is 1. The fourth-order valence-corrected chi connectivity index (χ4v) is 5.75. The van der Waals surface area contributed by atoms with Crippen molar-refractivity contribution < 1.29 is 22.7 Å². The summed E-state index contributed by atoms with van der Waals surface area (Å²) in [5, 5.41) is 10.4. The van der Waals surface area contributed by atoms with Gasteiger partial charge in [0.05, 0.1) is 16.1 Å². The SMILES string of the molecule is CCN(CC)CC=Cc1cc(F)ccc1S(=O)(=O)Nc1ccc2c(cc3n2CCC3)c1C(=O)O. The van der Waals surface area contributed by atoms with Crippen LogP contribution in [0.25, 0.3) is 17.0 Å². The molecule has 9 heteroatoms. The molecule has 1 aromatic heterocycles. The number of aromatic nitrogens is 1. The zero-order valence-corrected chi connectivity index (χ0v) is 20.0. The number of benzene rings is 2. The Balaban J connectivity index is 1.72. The highest BCUT2D eigenvalue weighted by molar-refractivity contribution is 7.92. The lowest BCUT2D eigenvalue weighted by atomic mass is 10.1. The fourth-order valence-electron chi connectivity index (χ4n) is 4.50. The van der Waals surface area contributed by atoms with E-state index in [1.54, 1.807) is 18.2 Å².